The van der Waals surface area contributed by atoms with Gasteiger partial charge in [0, 0.05) is 7.11 Å². The van der Waals surface area contributed by atoms with Crippen LogP contribution in [0.1, 0.15) is 6.92 Å². The fourth-order valence-electron chi connectivity index (χ4n) is 1.62. The van der Waals surface area contributed by atoms with Crippen molar-refractivity contribution in [2.24, 2.45) is 0 Å². The third kappa shape index (κ3) is 3.83. The summed E-state index contributed by atoms with van der Waals surface area (Å²) in [7, 11) is 1.55. The van der Waals surface area contributed by atoms with E-state index in [1.54, 1.807) is 7.11 Å². The van der Waals surface area contributed by atoms with Crippen LogP contribution in [-0.4, -0.2) is 49.0 Å². The molecule has 0 aromatic rings. The van der Waals surface area contributed by atoms with E-state index in [2.05, 4.69) is 5.92 Å². The highest BCUT2D eigenvalue weighted by molar-refractivity contribution is 8.22. The quantitative estimate of drug-likeness (QED) is 0.571. The maximum Gasteiger partial charge on any atom is 0.220 e. The van der Waals surface area contributed by atoms with Gasteiger partial charge in [0.05, 0.1) is 6.10 Å². The monoisotopic (exact) mass is 276 g/mol. The van der Waals surface area contributed by atoms with Gasteiger partial charge in [0.25, 0.3) is 0 Å². The zero-order valence-corrected chi connectivity index (χ0v) is 11.7. The lowest BCUT2D eigenvalue weighted by Crippen LogP contribution is -2.38. The Hall–Kier alpha value is -0.320. The second-order valence-electron chi connectivity index (χ2n) is 3.46. The van der Waals surface area contributed by atoms with Gasteiger partial charge in [0.2, 0.25) is 4.38 Å². The van der Waals surface area contributed by atoms with Gasteiger partial charge in [-0.25, -0.2) is 0 Å². The van der Waals surface area contributed by atoms with Crippen LogP contribution in [0.25, 0.3) is 0 Å². The van der Waals surface area contributed by atoms with Crippen LogP contribution in [-0.2, 0) is 18.9 Å². The SMILES string of the molecule is C#CCO[C@H]1[C@H](OC)O[C@@H](C)[C@@H]1OC(=S)SC. The first-order chi connectivity index (χ1) is 8.13. The first-order valence-electron chi connectivity index (χ1n) is 5.12. The normalized spacial score (nSPS) is 32.1. The molecule has 0 aliphatic carbocycles. The average Bonchev–Trinajstić information content (AvgIpc) is 2.63. The molecule has 1 aliphatic heterocycles. The van der Waals surface area contributed by atoms with Gasteiger partial charge in [-0.05, 0) is 25.4 Å². The lowest BCUT2D eigenvalue weighted by Gasteiger charge is -2.22. The zero-order valence-electron chi connectivity index (χ0n) is 10.0. The van der Waals surface area contributed by atoms with Gasteiger partial charge in [-0.3, -0.25) is 0 Å². The number of hydrogen-bond donors (Lipinski definition) is 0. The number of thiocarbonyl (C=S) groups is 1. The van der Waals surface area contributed by atoms with Crippen molar-refractivity contribution in [2.45, 2.75) is 31.5 Å². The van der Waals surface area contributed by atoms with Gasteiger partial charge in [0.1, 0.15) is 12.7 Å². The molecular formula is C11H16O4S2. The molecule has 1 fully saturated rings. The van der Waals surface area contributed by atoms with E-state index in [4.69, 9.17) is 37.6 Å². The summed E-state index contributed by atoms with van der Waals surface area (Å²) in [6.45, 7) is 2.07. The maximum atomic E-state index is 5.61. The third-order valence-corrected chi connectivity index (χ3v) is 3.42. The molecular weight excluding hydrogens is 260 g/mol. The number of thioether (sulfide) groups is 1. The number of methoxy groups -OCH3 is 1. The Morgan fingerprint density at radius 2 is 2.24 bits per heavy atom. The van der Waals surface area contributed by atoms with Crippen molar-refractivity contribution in [3.63, 3.8) is 0 Å². The van der Waals surface area contributed by atoms with Gasteiger partial charge < -0.3 is 18.9 Å². The number of rotatable bonds is 4. The second-order valence-corrected chi connectivity index (χ2v) is 4.87. The number of ether oxygens (including phenoxy) is 4. The Morgan fingerprint density at radius 1 is 1.53 bits per heavy atom. The summed E-state index contributed by atoms with van der Waals surface area (Å²) in [5.41, 5.74) is 0. The maximum absolute atomic E-state index is 5.61. The topological polar surface area (TPSA) is 36.9 Å². The Morgan fingerprint density at radius 3 is 2.76 bits per heavy atom. The van der Waals surface area contributed by atoms with Crippen molar-refractivity contribution >= 4 is 28.4 Å². The summed E-state index contributed by atoms with van der Waals surface area (Å²) >= 11 is 6.40. The summed E-state index contributed by atoms with van der Waals surface area (Å²) < 4.78 is 22.3. The van der Waals surface area contributed by atoms with Crippen molar-refractivity contribution in [1.82, 2.24) is 0 Å². The van der Waals surface area contributed by atoms with E-state index < -0.39 is 6.29 Å². The molecule has 0 amide bonds. The third-order valence-electron chi connectivity index (χ3n) is 2.39. The van der Waals surface area contributed by atoms with Crippen molar-refractivity contribution in [2.75, 3.05) is 20.0 Å². The predicted octanol–water partition coefficient (Wildman–Crippen LogP) is 1.43. The van der Waals surface area contributed by atoms with Gasteiger partial charge in [-0.1, -0.05) is 17.7 Å². The van der Waals surface area contributed by atoms with Crippen LogP contribution in [0.3, 0.4) is 0 Å². The van der Waals surface area contributed by atoms with Crippen LogP contribution in [0.15, 0.2) is 0 Å². The van der Waals surface area contributed by atoms with Crippen molar-refractivity contribution in [3.05, 3.63) is 0 Å². The molecule has 17 heavy (non-hydrogen) atoms. The molecule has 4 nitrogen and oxygen atoms in total. The van der Waals surface area contributed by atoms with Crippen molar-refractivity contribution < 1.29 is 18.9 Å². The molecule has 0 aromatic heterocycles. The molecule has 4 atom stereocenters. The lowest BCUT2D eigenvalue weighted by atomic mass is 10.1. The molecule has 0 spiro atoms. The Labute approximate surface area is 111 Å². The molecule has 1 heterocycles. The van der Waals surface area contributed by atoms with E-state index >= 15 is 0 Å². The Bertz CT molecular complexity index is 302. The molecule has 0 bridgehead atoms. The molecule has 6 heteroatoms. The minimum Gasteiger partial charge on any atom is -0.470 e. The minimum atomic E-state index is -0.479. The molecule has 0 saturated carbocycles. The van der Waals surface area contributed by atoms with Crippen molar-refractivity contribution in [1.29, 1.82) is 0 Å². The van der Waals surface area contributed by atoms with Gasteiger partial charge in [0.15, 0.2) is 12.4 Å². The molecule has 0 aromatic carbocycles. The lowest BCUT2D eigenvalue weighted by molar-refractivity contribution is -0.156. The summed E-state index contributed by atoms with van der Waals surface area (Å²) in [4.78, 5) is 0. The van der Waals surface area contributed by atoms with E-state index in [1.165, 1.54) is 11.8 Å². The summed E-state index contributed by atoms with van der Waals surface area (Å²) in [6.07, 6.45) is 5.73. The van der Waals surface area contributed by atoms with Crippen LogP contribution in [0.4, 0.5) is 0 Å². The summed E-state index contributed by atoms with van der Waals surface area (Å²) in [5, 5.41) is 0. The van der Waals surface area contributed by atoms with Gasteiger partial charge in [-0.15, -0.1) is 6.42 Å². The smallest absolute Gasteiger partial charge is 0.220 e. The Kier molecular flexibility index (Phi) is 6.23. The largest absolute Gasteiger partial charge is 0.470 e. The molecule has 96 valence electrons. The molecule has 0 unspecified atom stereocenters. The van der Waals surface area contributed by atoms with Crippen LogP contribution in [0.5, 0.6) is 0 Å². The first kappa shape index (κ1) is 14.7. The molecule has 1 saturated heterocycles. The van der Waals surface area contributed by atoms with Gasteiger partial charge in [-0.2, -0.15) is 0 Å². The standard InChI is InChI=1S/C11H16O4S2/c1-5-6-13-9-8(15-11(16)17-4)7(2)14-10(9)12-3/h1,7-10H,6H2,2-4H3/t7-,8-,9+,10+/m0/s1. The van der Waals surface area contributed by atoms with E-state index in [-0.39, 0.29) is 24.9 Å². The number of hydrogen-bond acceptors (Lipinski definition) is 6. The van der Waals surface area contributed by atoms with Crippen LogP contribution in [0.2, 0.25) is 0 Å². The van der Waals surface area contributed by atoms with E-state index in [0.717, 1.165) is 0 Å². The highest BCUT2D eigenvalue weighted by atomic mass is 32.2. The zero-order chi connectivity index (χ0) is 12.8. The van der Waals surface area contributed by atoms with Crippen LogP contribution >= 0.6 is 24.0 Å². The van der Waals surface area contributed by atoms with E-state index in [1.807, 2.05) is 13.2 Å². The second kappa shape index (κ2) is 7.19. The van der Waals surface area contributed by atoms with E-state index in [0.29, 0.717) is 4.38 Å². The fraction of sp³-hybridized carbons (Fsp3) is 0.727. The van der Waals surface area contributed by atoms with E-state index in [9.17, 15) is 0 Å². The van der Waals surface area contributed by atoms with Crippen LogP contribution in [0, 0.1) is 12.3 Å². The first-order valence-corrected chi connectivity index (χ1v) is 6.75. The van der Waals surface area contributed by atoms with Gasteiger partial charge >= 0.3 is 0 Å². The Balaban J connectivity index is 2.68. The van der Waals surface area contributed by atoms with Crippen molar-refractivity contribution in [3.8, 4) is 12.3 Å². The molecule has 1 aliphatic rings. The highest BCUT2D eigenvalue weighted by Gasteiger charge is 2.45. The van der Waals surface area contributed by atoms with Crippen LogP contribution < -0.4 is 0 Å². The summed E-state index contributed by atoms with van der Waals surface area (Å²) in [5.74, 6) is 2.41. The molecule has 0 radical (unpaired) electrons. The highest BCUT2D eigenvalue weighted by Crippen LogP contribution is 2.28. The number of terminal acetylenes is 1. The molecule has 0 N–H and O–H groups in total. The summed E-state index contributed by atoms with van der Waals surface area (Å²) in [6, 6.07) is 0. The predicted molar refractivity (Wildman–Crippen MR) is 70.9 cm³/mol. The fourth-order valence-corrected chi connectivity index (χ4v) is 1.94. The molecule has 1 rings (SSSR count). The minimum absolute atomic E-state index is 0.159. The average molecular weight is 276 g/mol.